The highest BCUT2D eigenvalue weighted by Gasteiger charge is 2.38. The number of carbonyl (C=O) groups is 1. The maximum atomic E-state index is 12.1. The number of carbonyl (C=O) groups excluding carboxylic acids is 1. The third kappa shape index (κ3) is 7.13. The topological polar surface area (TPSA) is 23.6 Å². The predicted octanol–water partition coefficient (Wildman–Crippen LogP) is 5.06. The summed E-state index contributed by atoms with van der Waals surface area (Å²) in [6.07, 6.45) is 5.12. The van der Waals surface area contributed by atoms with Gasteiger partial charge in [0, 0.05) is 25.6 Å². The lowest BCUT2D eigenvalue weighted by Gasteiger charge is -2.47. The molecule has 0 N–H and O–H groups in total. The molecule has 1 spiro atoms. The first-order valence-electron chi connectivity index (χ1n) is 10.4. The minimum atomic E-state index is 0.150. The van der Waals surface area contributed by atoms with Crippen LogP contribution >= 0.6 is 0 Å². The minimum Gasteiger partial charge on any atom is -0.342 e. The molecular weight excluding hydrogens is 296 g/mol. The Morgan fingerprint density at radius 2 is 1.25 bits per heavy atom. The first-order valence-corrected chi connectivity index (χ1v) is 10.4. The van der Waals surface area contributed by atoms with Gasteiger partial charge < -0.3 is 9.80 Å². The summed E-state index contributed by atoms with van der Waals surface area (Å²) >= 11 is 0. The second-order valence-corrected chi connectivity index (χ2v) is 7.67. The van der Waals surface area contributed by atoms with Crippen molar-refractivity contribution in [2.24, 2.45) is 17.3 Å². The number of rotatable bonds is 3. The Morgan fingerprint density at radius 1 is 0.833 bits per heavy atom. The van der Waals surface area contributed by atoms with Crippen LogP contribution in [0.1, 0.15) is 81.1 Å². The van der Waals surface area contributed by atoms with Gasteiger partial charge in [-0.25, -0.2) is 0 Å². The summed E-state index contributed by atoms with van der Waals surface area (Å²) < 4.78 is 0. The lowest BCUT2D eigenvalue weighted by molar-refractivity contribution is -0.137. The van der Waals surface area contributed by atoms with Crippen LogP contribution in [0.25, 0.3) is 0 Å². The van der Waals surface area contributed by atoms with Crippen molar-refractivity contribution in [3.05, 3.63) is 0 Å². The molecule has 2 fully saturated rings. The minimum absolute atomic E-state index is 0.150. The number of hydrogen-bond donors (Lipinski definition) is 0. The summed E-state index contributed by atoms with van der Waals surface area (Å²) in [5.41, 5.74) is 0.543. The third-order valence-corrected chi connectivity index (χ3v) is 5.17. The summed E-state index contributed by atoms with van der Waals surface area (Å²) in [5.74, 6) is 1.27. The van der Waals surface area contributed by atoms with Crippen LogP contribution in [-0.2, 0) is 4.79 Å². The first-order chi connectivity index (χ1) is 11.4. The molecule has 0 unspecified atom stereocenters. The Labute approximate surface area is 152 Å². The van der Waals surface area contributed by atoms with E-state index in [9.17, 15) is 4.79 Å². The van der Waals surface area contributed by atoms with Crippen LogP contribution in [0.5, 0.6) is 0 Å². The molecular formula is C21H44N2O. The number of amides is 1. The molecule has 0 saturated carbocycles. The lowest BCUT2D eigenvalue weighted by atomic mass is 9.71. The van der Waals surface area contributed by atoms with Crippen LogP contribution in [0.3, 0.4) is 0 Å². The Bertz CT molecular complexity index is 321. The zero-order valence-electron chi connectivity index (χ0n) is 17.8. The smallest absolute Gasteiger partial charge is 0.225 e. The number of piperidine rings is 2. The van der Waals surface area contributed by atoms with E-state index in [1.807, 2.05) is 41.5 Å². The standard InChI is InChI=1S/C17H32N2O.2C2H6/c1-14(2)13-18-9-5-17(6-10-18)7-11-19(12-8-17)16(20)15(3)4;2*1-2/h14-15H,5-13H2,1-4H3;2*1-2H3. The van der Waals surface area contributed by atoms with Crippen LogP contribution in [0.4, 0.5) is 0 Å². The summed E-state index contributed by atoms with van der Waals surface area (Å²) in [4.78, 5) is 16.8. The third-order valence-electron chi connectivity index (χ3n) is 5.17. The molecule has 0 aromatic carbocycles. The maximum absolute atomic E-state index is 12.1. The largest absolute Gasteiger partial charge is 0.342 e. The average Bonchev–Trinajstić information content (AvgIpc) is 2.60. The van der Waals surface area contributed by atoms with E-state index in [-0.39, 0.29) is 5.92 Å². The molecule has 0 bridgehead atoms. The van der Waals surface area contributed by atoms with E-state index in [0.29, 0.717) is 11.3 Å². The fraction of sp³-hybridized carbons (Fsp3) is 0.952. The van der Waals surface area contributed by atoms with Gasteiger partial charge in [-0.3, -0.25) is 4.79 Å². The lowest BCUT2D eigenvalue weighted by Crippen LogP contribution is -2.49. The molecule has 0 aliphatic carbocycles. The van der Waals surface area contributed by atoms with Gasteiger partial charge >= 0.3 is 0 Å². The van der Waals surface area contributed by atoms with Crippen molar-refractivity contribution in [1.82, 2.24) is 9.80 Å². The van der Waals surface area contributed by atoms with E-state index >= 15 is 0 Å². The van der Waals surface area contributed by atoms with Gasteiger partial charge in [-0.2, -0.15) is 0 Å². The zero-order valence-corrected chi connectivity index (χ0v) is 17.8. The van der Waals surface area contributed by atoms with E-state index < -0.39 is 0 Å². The molecule has 24 heavy (non-hydrogen) atoms. The van der Waals surface area contributed by atoms with Crippen LogP contribution in [-0.4, -0.2) is 48.4 Å². The van der Waals surface area contributed by atoms with E-state index in [4.69, 9.17) is 0 Å². The molecule has 0 aromatic heterocycles. The van der Waals surface area contributed by atoms with Gasteiger partial charge in [0.25, 0.3) is 0 Å². The molecule has 144 valence electrons. The summed E-state index contributed by atoms with van der Waals surface area (Å²) in [5, 5.41) is 0. The molecule has 0 aromatic rings. The van der Waals surface area contributed by atoms with Gasteiger partial charge in [0.2, 0.25) is 5.91 Å². The highest BCUT2D eigenvalue weighted by Crippen LogP contribution is 2.41. The fourth-order valence-electron chi connectivity index (χ4n) is 3.79. The van der Waals surface area contributed by atoms with Crippen molar-refractivity contribution in [1.29, 1.82) is 0 Å². The molecule has 2 rings (SSSR count). The highest BCUT2D eigenvalue weighted by atomic mass is 16.2. The molecule has 3 nitrogen and oxygen atoms in total. The van der Waals surface area contributed by atoms with E-state index in [1.165, 1.54) is 45.3 Å². The van der Waals surface area contributed by atoms with Crippen molar-refractivity contribution in [2.75, 3.05) is 32.7 Å². The maximum Gasteiger partial charge on any atom is 0.225 e. The molecule has 2 heterocycles. The van der Waals surface area contributed by atoms with Gasteiger partial charge in [-0.15, -0.1) is 0 Å². The highest BCUT2D eigenvalue weighted by molar-refractivity contribution is 5.78. The Balaban J connectivity index is 0.00000123. The van der Waals surface area contributed by atoms with Gasteiger partial charge in [-0.05, 0) is 50.1 Å². The van der Waals surface area contributed by atoms with Gasteiger partial charge in [0.1, 0.15) is 0 Å². The molecule has 0 atom stereocenters. The fourth-order valence-corrected chi connectivity index (χ4v) is 3.79. The van der Waals surface area contributed by atoms with Crippen molar-refractivity contribution in [3.63, 3.8) is 0 Å². The van der Waals surface area contributed by atoms with Gasteiger partial charge in [0.05, 0.1) is 0 Å². The first kappa shape index (κ1) is 23.4. The van der Waals surface area contributed by atoms with Crippen molar-refractivity contribution < 1.29 is 4.79 Å². The Morgan fingerprint density at radius 3 is 1.62 bits per heavy atom. The quantitative estimate of drug-likeness (QED) is 0.717. The number of nitrogens with zero attached hydrogens (tertiary/aromatic N) is 2. The number of likely N-dealkylation sites (tertiary alicyclic amines) is 2. The second kappa shape index (κ2) is 11.9. The van der Waals surface area contributed by atoms with Crippen LogP contribution in [0, 0.1) is 17.3 Å². The monoisotopic (exact) mass is 340 g/mol. The zero-order chi connectivity index (χ0) is 18.8. The normalized spacial score (nSPS) is 20.3. The molecule has 2 aliphatic rings. The summed E-state index contributed by atoms with van der Waals surface area (Å²) in [7, 11) is 0. The van der Waals surface area contributed by atoms with E-state index in [1.54, 1.807) is 0 Å². The SMILES string of the molecule is CC.CC.CC(C)CN1CCC2(CC1)CCN(C(=O)C(C)C)CC2. The number of hydrogen-bond acceptors (Lipinski definition) is 2. The van der Waals surface area contributed by atoms with Crippen LogP contribution in [0.2, 0.25) is 0 Å². The van der Waals surface area contributed by atoms with E-state index in [2.05, 4.69) is 23.6 Å². The molecule has 2 saturated heterocycles. The average molecular weight is 341 g/mol. The molecule has 3 heteroatoms. The van der Waals surface area contributed by atoms with Crippen LogP contribution < -0.4 is 0 Å². The van der Waals surface area contributed by atoms with Crippen LogP contribution in [0.15, 0.2) is 0 Å². The molecule has 0 radical (unpaired) electrons. The van der Waals surface area contributed by atoms with Crippen molar-refractivity contribution >= 4 is 5.91 Å². The van der Waals surface area contributed by atoms with Crippen molar-refractivity contribution in [2.45, 2.75) is 81.1 Å². The molecule has 2 aliphatic heterocycles. The second-order valence-electron chi connectivity index (χ2n) is 7.67. The van der Waals surface area contributed by atoms with Gasteiger partial charge in [0.15, 0.2) is 0 Å². The van der Waals surface area contributed by atoms with Crippen molar-refractivity contribution in [3.8, 4) is 0 Å². The van der Waals surface area contributed by atoms with Gasteiger partial charge in [-0.1, -0.05) is 55.4 Å². The Hall–Kier alpha value is -0.570. The predicted molar refractivity (Wildman–Crippen MR) is 106 cm³/mol. The molecule has 1 amide bonds. The summed E-state index contributed by atoms with van der Waals surface area (Å²) in [6.45, 7) is 22.4. The Kier molecular flexibility index (Phi) is 11.6. The summed E-state index contributed by atoms with van der Waals surface area (Å²) in [6, 6.07) is 0. The van der Waals surface area contributed by atoms with E-state index in [0.717, 1.165) is 19.0 Å².